The highest BCUT2D eigenvalue weighted by atomic mass is 19.4. The van der Waals surface area contributed by atoms with E-state index < -0.39 is 54.5 Å². The fourth-order valence-electron chi connectivity index (χ4n) is 3.17. The number of amides is 2. The van der Waals surface area contributed by atoms with Crippen molar-refractivity contribution in [3.05, 3.63) is 23.8 Å². The number of morpholine rings is 1. The van der Waals surface area contributed by atoms with E-state index >= 15 is 0 Å². The average Bonchev–Trinajstić information content (AvgIpc) is 2.66. The molecule has 0 bridgehead atoms. The van der Waals surface area contributed by atoms with Crippen LogP contribution in [0.15, 0.2) is 18.2 Å². The van der Waals surface area contributed by atoms with E-state index in [2.05, 4.69) is 5.32 Å². The Balaban J connectivity index is 2.30. The first-order valence-corrected chi connectivity index (χ1v) is 9.28. The molecule has 1 saturated heterocycles. The van der Waals surface area contributed by atoms with Crippen LogP contribution in [0.3, 0.4) is 0 Å². The quantitative estimate of drug-likeness (QED) is 0.615. The number of nitrogens with zero attached hydrogens (tertiary/aromatic N) is 2. The minimum absolute atomic E-state index is 0.0613. The van der Waals surface area contributed by atoms with Crippen LogP contribution >= 0.6 is 0 Å². The normalized spacial score (nSPS) is 16.5. The van der Waals surface area contributed by atoms with E-state index in [-0.39, 0.29) is 32.0 Å². The molecule has 0 radical (unpaired) electrons. The summed E-state index contributed by atoms with van der Waals surface area (Å²) in [6.07, 6.45) is -9.44. The number of alkyl halides is 6. The molecule has 1 fully saturated rings. The van der Waals surface area contributed by atoms with Crippen LogP contribution in [-0.4, -0.2) is 68.3 Å². The summed E-state index contributed by atoms with van der Waals surface area (Å²) in [7, 11) is 0. The lowest BCUT2D eigenvalue weighted by molar-refractivity contribution is -0.153. The van der Waals surface area contributed by atoms with Crippen LogP contribution in [0.5, 0.6) is 0 Å². The predicted molar refractivity (Wildman–Crippen MR) is 99.4 cm³/mol. The number of hydrogen-bond donors (Lipinski definition) is 2. The van der Waals surface area contributed by atoms with Crippen molar-refractivity contribution in [1.29, 1.82) is 0 Å². The number of ether oxygens (including phenoxy) is 1. The van der Waals surface area contributed by atoms with Crippen LogP contribution in [0.2, 0.25) is 0 Å². The molecule has 1 aromatic carbocycles. The first-order chi connectivity index (χ1) is 14.4. The molecule has 13 heteroatoms. The van der Waals surface area contributed by atoms with Crippen molar-refractivity contribution < 1.29 is 40.7 Å². The number of likely N-dealkylation sites (N-methyl/N-ethyl adjacent to an activating group) is 1. The van der Waals surface area contributed by atoms with Crippen molar-refractivity contribution in [3.63, 3.8) is 0 Å². The number of nitrogens with one attached hydrogen (secondary N) is 1. The Morgan fingerprint density at radius 3 is 2.48 bits per heavy atom. The van der Waals surface area contributed by atoms with Gasteiger partial charge in [-0.3, -0.25) is 14.5 Å². The molecule has 31 heavy (non-hydrogen) atoms. The van der Waals surface area contributed by atoms with Gasteiger partial charge in [-0.25, -0.2) is 0 Å². The van der Waals surface area contributed by atoms with Crippen LogP contribution < -0.4 is 16.0 Å². The highest BCUT2D eigenvalue weighted by Crippen LogP contribution is 2.38. The molecule has 1 aliphatic heterocycles. The van der Waals surface area contributed by atoms with Gasteiger partial charge in [0.05, 0.1) is 24.4 Å². The third-order valence-corrected chi connectivity index (χ3v) is 4.60. The zero-order valence-electron chi connectivity index (χ0n) is 16.5. The van der Waals surface area contributed by atoms with Crippen molar-refractivity contribution >= 4 is 23.2 Å². The van der Waals surface area contributed by atoms with E-state index in [0.29, 0.717) is 6.07 Å². The molecule has 0 unspecified atom stereocenters. The molecular formula is C18H22F6N4O3. The van der Waals surface area contributed by atoms with Gasteiger partial charge < -0.3 is 20.7 Å². The fourth-order valence-corrected chi connectivity index (χ4v) is 3.17. The topological polar surface area (TPSA) is 87.9 Å². The van der Waals surface area contributed by atoms with E-state index in [1.54, 1.807) is 0 Å². The maximum Gasteiger partial charge on any atom is 0.418 e. The molecule has 174 valence electrons. The molecular weight excluding hydrogens is 434 g/mol. The third-order valence-electron chi connectivity index (χ3n) is 4.60. The smallest absolute Gasteiger partial charge is 0.370 e. The lowest BCUT2D eigenvalue weighted by Gasteiger charge is -2.30. The molecule has 1 heterocycles. The standard InChI is InChI=1S/C18H22F6N4O3/c1-2-27(10-17(19,20)21)14(8-25)16(30)26-11-3-4-13(12(7-11)18(22,23)24)28-5-6-31-9-15(28)29/h3-4,7,14H,2,5-6,8-10,25H2,1H3,(H,26,30)/t14-/m1/s1. The van der Waals surface area contributed by atoms with Crippen LogP contribution in [-0.2, 0) is 20.5 Å². The molecule has 0 aliphatic carbocycles. The lowest BCUT2D eigenvalue weighted by atomic mass is 10.1. The van der Waals surface area contributed by atoms with Gasteiger partial charge in [0, 0.05) is 18.8 Å². The Labute approximate surface area is 174 Å². The van der Waals surface area contributed by atoms with Gasteiger partial charge in [-0.2, -0.15) is 26.3 Å². The SMILES string of the molecule is CCN(CC(F)(F)F)[C@H](CN)C(=O)Nc1ccc(N2CCOCC2=O)c(C(F)(F)F)c1. The lowest BCUT2D eigenvalue weighted by Crippen LogP contribution is -2.51. The average molecular weight is 456 g/mol. The number of halogens is 6. The van der Waals surface area contributed by atoms with Gasteiger partial charge in [0.2, 0.25) is 5.91 Å². The van der Waals surface area contributed by atoms with Crippen LogP contribution in [0.25, 0.3) is 0 Å². The van der Waals surface area contributed by atoms with E-state index in [0.717, 1.165) is 21.9 Å². The molecule has 0 saturated carbocycles. The van der Waals surface area contributed by atoms with Crippen molar-refractivity contribution in [2.45, 2.75) is 25.3 Å². The first-order valence-electron chi connectivity index (χ1n) is 9.28. The van der Waals surface area contributed by atoms with Gasteiger partial charge in [0.25, 0.3) is 5.91 Å². The summed E-state index contributed by atoms with van der Waals surface area (Å²) >= 11 is 0. The van der Waals surface area contributed by atoms with Gasteiger partial charge in [-0.1, -0.05) is 6.92 Å². The van der Waals surface area contributed by atoms with Gasteiger partial charge in [0.15, 0.2) is 0 Å². The van der Waals surface area contributed by atoms with E-state index in [4.69, 9.17) is 10.5 Å². The zero-order chi connectivity index (χ0) is 23.4. The number of hydrogen-bond acceptors (Lipinski definition) is 5. The van der Waals surface area contributed by atoms with Crippen LogP contribution in [0.1, 0.15) is 12.5 Å². The van der Waals surface area contributed by atoms with Crippen LogP contribution in [0, 0.1) is 0 Å². The van der Waals surface area contributed by atoms with E-state index in [1.165, 1.54) is 6.92 Å². The van der Waals surface area contributed by atoms with Gasteiger partial charge in [-0.15, -0.1) is 0 Å². The summed E-state index contributed by atoms with van der Waals surface area (Å²) in [5.74, 6) is -1.63. The number of benzene rings is 1. The number of carbonyl (C=O) groups excluding carboxylic acids is 2. The summed E-state index contributed by atoms with van der Waals surface area (Å²) in [4.78, 5) is 26.1. The van der Waals surface area contributed by atoms with Crippen molar-refractivity contribution in [2.24, 2.45) is 5.73 Å². The Morgan fingerprint density at radius 2 is 1.97 bits per heavy atom. The summed E-state index contributed by atoms with van der Waals surface area (Å²) in [5, 5.41) is 2.19. The minimum atomic E-state index is -4.85. The maximum atomic E-state index is 13.6. The second-order valence-electron chi connectivity index (χ2n) is 6.75. The molecule has 2 amide bonds. The third kappa shape index (κ3) is 6.55. The Morgan fingerprint density at radius 1 is 1.29 bits per heavy atom. The van der Waals surface area contributed by atoms with E-state index in [9.17, 15) is 35.9 Å². The Bertz CT molecular complexity index is 799. The minimum Gasteiger partial charge on any atom is -0.370 e. The maximum absolute atomic E-state index is 13.6. The van der Waals surface area contributed by atoms with Gasteiger partial charge in [0.1, 0.15) is 12.6 Å². The number of nitrogens with two attached hydrogens (primary N) is 1. The summed E-state index contributed by atoms with van der Waals surface area (Å²) in [6, 6.07) is 1.39. The number of anilines is 2. The summed E-state index contributed by atoms with van der Waals surface area (Å²) in [6.45, 7) is -0.997. The number of rotatable bonds is 7. The fraction of sp³-hybridized carbons (Fsp3) is 0.556. The second kappa shape index (κ2) is 9.83. The second-order valence-corrected chi connectivity index (χ2v) is 6.75. The molecule has 1 aliphatic rings. The van der Waals surface area contributed by atoms with Crippen molar-refractivity contribution in [2.75, 3.05) is 49.6 Å². The van der Waals surface area contributed by atoms with Gasteiger partial charge >= 0.3 is 12.4 Å². The van der Waals surface area contributed by atoms with Crippen molar-refractivity contribution in [3.8, 4) is 0 Å². The molecule has 3 N–H and O–H groups in total. The van der Waals surface area contributed by atoms with Gasteiger partial charge in [-0.05, 0) is 24.7 Å². The number of carbonyl (C=O) groups is 2. The molecule has 0 aromatic heterocycles. The molecule has 7 nitrogen and oxygen atoms in total. The largest absolute Gasteiger partial charge is 0.418 e. The highest BCUT2D eigenvalue weighted by Gasteiger charge is 2.38. The monoisotopic (exact) mass is 456 g/mol. The molecule has 1 atom stereocenters. The molecule has 2 rings (SSSR count). The summed E-state index contributed by atoms with van der Waals surface area (Å²) < 4.78 is 83.9. The Hall–Kier alpha value is -2.38. The predicted octanol–water partition coefficient (Wildman–Crippen LogP) is 2.22. The van der Waals surface area contributed by atoms with Crippen molar-refractivity contribution in [1.82, 2.24) is 4.90 Å². The Kier molecular flexibility index (Phi) is 7.89. The van der Waals surface area contributed by atoms with E-state index in [1.807, 2.05) is 0 Å². The highest BCUT2D eigenvalue weighted by molar-refractivity contribution is 5.98. The first kappa shape index (κ1) is 24.9. The van der Waals surface area contributed by atoms with Crippen LogP contribution in [0.4, 0.5) is 37.7 Å². The molecule has 1 aromatic rings. The molecule has 0 spiro atoms. The summed E-state index contributed by atoms with van der Waals surface area (Å²) in [5.41, 5.74) is 3.59. The zero-order valence-corrected chi connectivity index (χ0v) is 16.5.